The van der Waals surface area contributed by atoms with Crippen molar-refractivity contribution in [3.63, 3.8) is 0 Å². The van der Waals surface area contributed by atoms with Crippen LogP contribution in [0, 0.1) is 18.3 Å². The molecule has 0 amide bonds. The smallest absolute Gasteiger partial charge is 0.139 e. The largest absolute Gasteiger partial charge is 0.346 e. The maximum Gasteiger partial charge on any atom is 0.139 e. The normalized spacial score (nSPS) is 15.9. The molecule has 0 unspecified atom stereocenters. The summed E-state index contributed by atoms with van der Waals surface area (Å²) in [5.41, 5.74) is 4.22. The van der Waals surface area contributed by atoms with Gasteiger partial charge in [-0.15, -0.1) is 0 Å². The average Bonchev–Trinajstić information content (AvgIpc) is 3.48. The Morgan fingerprint density at radius 1 is 1.23 bits per heavy atom. The Morgan fingerprint density at radius 2 is 2.10 bits per heavy atom. The lowest BCUT2D eigenvalue weighted by Crippen LogP contribution is -2.35. The molecule has 0 spiro atoms. The molecule has 1 fully saturated rings. The van der Waals surface area contributed by atoms with Gasteiger partial charge >= 0.3 is 0 Å². The van der Waals surface area contributed by atoms with Crippen LogP contribution in [0.5, 0.6) is 0 Å². The van der Waals surface area contributed by atoms with E-state index in [9.17, 15) is 0 Å². The van der Waals surface area contributed by atoms with Gasteiger partial charge in [-0.2, -0.15) is 10.4 Å². The van der Waals surface area contributed by atoms with Crippen LogP contribution in [0.3, 0.4) is 0 Å². The minimum absolute atomic E-state index is 0.406. The number of aromatic amines is 1. The van der Waals surface area contributed by atoms with E-state index in [4.69, 9.17) is 10.2 Å². The van der Waals surface area contributed by atoms with E-state index >= 15 is 0 Å². The summed E-state index contributed by atoms with van der Waals surface area (Å²) in [5, 5.41) is 14.5. The number of likely N-dealkylation sites (tertiary alicyclic amines) is 1. The Labute approximate surface area is 175 Å². The van der Waals surface area contributed by atoms with Crippen molar-refractivity contribution in [2.75, 3.05) is 19.6 Å². The zero-order chi connectivity index (χ0) is 20.5. The summed E-state index contributed by atoms with van der Waals surface area (Å²) in [4.78, 5) is 15.2. The fraction of sp³-hybridized carbons (Fsp3) is 0.455. The van der Waals surface area contributed by atoms with Crippen molar-refractivity contribution in [1.29, 1.82) is 5.26 Å². The molecule has 0 atom stereocenters. The van der Waals surface area contributed by atoms with Crippen molar-refractivity contribution in [3.8, 4) is 6.07 Å². The minimum Gasteiger partial charge on any atom is -0.346 e. The van der Waals surface area contributed by atoms with Crippen molar-refractivity contribution in [1.82, 2.24) is 34.2 Å². The van der Waals surface area contributed by atoms with Gasteiger partial charge in [0, 0.05) is 62.8 Å². The highest BCUT2D eigenvalue weighted by atomic mass is 15.3. The summed E-state index contributed by atoms with van der Waals surface area (Å²) >= 11 is 0. The van der Waals surface area contributed by atoms with Crippen LogP contribution in [0.15, 0.2) is 30.9 Å². The van der Waals surface area contributed by atoms with Crippen LogP contribution in [0.25, 0.3) is 22.1 Å². The van der Waals surface area contributed by atoms with E-state index in [1.165, 1.54) is 11.1 Å². The summed E-state index contributed by atoms with van der Waals surface area (Å²) in [6.45, 7) is 5.77. The van der Waals surface area contributed by atoms with E-state index in [2.05, 4.69) is 49.8 Å². The van der Waals surface area contributed by atoms with Crippen LogP contribution in [0.2, 0.25) is 0 Å². The first-order chi connectivity index (χ1) is 14.7. The molecule has 1 aliphatic rings. The minimum atomic E-state index is 0.406. The van der Waals surface area contributed by atoms with Crippen LogP contribution in [0.4, 0.5) is 0 Å². The number of aromatic nitrogens is 6. The highest BCUT2D eigenvalue weighted by Gasteiger charge is 2.25. The molecule has 0 aliphatic carbocycles. The van der Waals surface area contributed by atoms with Crippen molar-refractivity contribution in [2.45, 2.75) is 45.2 Å². The number of rotatable bonds is 6. The molecule has 0 bridgehead atoms. The highest BCUT2D eigenvalue weighted by Crippen LogP contribution is 2.32. The highest BCUT2D eigenvalue weighted by molar-refractivity contribution is 6.01. The lowest BCUT2D eigenvalue weighted by molar-refractivity contribution is 0.190. The van der Waals surface area contributed by atoms with Gasteiger partial charge in [-0.3, -0.25) is 4.68 Å². The number of pyridine rings is 1. The molecule has 154 valence electrons. The van der Waals surface area contributed by atoms with E-state index in [0.717, 1.165) is 67.8 Å². The molecule has 5 rings (SSSR count). The van der Waals surface area contributed by atoms with E-state index in [1.54, 1.807) is 0 Å². The summed E-state index contributed by atoms with van der Waals surface area (Å²) in [7, 11) is 0. The fourth-order valence-electron chi connectivity index (χ4n) is 4.62. The molecule has 4 aromatic heterocycles. The van der Waals surface area contributed by atoms with E-state index < -0.39 is 0 Å². The monoisotopic (exact) mass is 402 g/mol. The summed E-state index contributed by atoms with van der Waals surface area (Å²) in [5.74, 6) is 1.10. The second-order valence-electron chi connectivity index (χ2n) is 8.14. The lowest BCUT2D eigenvalue weighted by Gasteiger charge is -2.33. The van der Waals surface area contributed by atoms with Crippen LogP contribution >= 0.6 is 0 Å². The third-order valence-electron chi connectivity index (χ3n) is 6.10. The topological polar surface area (TPSA) is 91.3 Å². The number of aryl methyl sites for hydroxylation is 3. The Bertz CT molecular complexity index is 1200. The zero-order valence-corrected chi connectivity index (χ0v) is 17.3. The number of nitrogens with one attached hydrogen (secondary N) is 1. The fourth-order valence-corrected chi connectivity index (χ4v) is 4.62. The van der Waals surface area contributed by atoms with Gasteiger partial charge in [0.2, 0.25) is 0 Å². The number of nitrogens with zero attached hydrogens (tertiary/aromatic N) is 7. The lowest BCUT2D eigenvalue weighted by atomic mass is 10.0. The molecule has 4 aromatic rings. The molecular formula is C22H26N8. The second-order valence-corrected chi connectivity index (χ2v) is 8.14. The maximum absolute atomic E-state index is 8.88. The van der Waals surface area contributed by atoms with Crippen molar-refractivity contribution in [3.05, 3.63) is 42.2 Å². The number of imidazole rings is 1. The molecule has 0 radical (unpaired) electrons. The number of piperidine rings is 1. The number of hydrogen-bond acceptors (Lipinski definition) is 5. The Morgan fingerprint density at radius 3 is 2.87 bits per heavy atom. The van der Waals surface area contributed by atoms with Gasteiger partial charge in [-0.05, 0) is 31.4 Å². The SMILES string of the molecule is Cc1cnn(CCc2nc3cnc4[nH]ccc4c3n2C2CCN(CCC#N)CC2)c1. The first-order valence-corrected chi connectivity index (χ1v) is 10.6. The van der Waals surface area contributed by atoms with E-state index in [-0.39, 0.29) is 0 Å². The quantitative estimate of drug-likeness (QED) is 0.535. The predicted octanol–water partition coefficient (Wildman–Crippen LogP) is 3.21. The predicted molar refractivity (Wildman–Crippen MR) is 115 cm³/mol. The third kappa shape index (κ3) is 3.46. The summed E-state index contributed by atoms with van der Waals surface area (Å²) < 4.78 is 4.46. The van der Waals surface area contributed by atoms with Crippen LogP contribution < -0.4 is 0 Å². The van der Waals surface area contributed by atoms with Gasteiger partial charge in [-0.25, -0.2) is 9.97 Å². The number of hydrogen-bond donors (Lipinski definition) is 1. The average molecular weight is 403 g/mol. The Balaban J connectivity index is 1.49. The molecule has 8 nitrogen and oxygen atoms in total. The number of nitriles is 1. The second kappa shape index (κ2) is 7.92. The van der Waals surface area contributed by atoms with Crippen LogP contribution in [-0.4, -0.2) is 53.8 Å². The van der Waals surface area contributed by atoms with Gasteiger partial charge in [-0.1, -0.05) is 0 Å². The number of fused-ring (bicyclic) bond motifs is 3. The molecule has 0 saturated carbocycles. The third-order valence-corrected chi connectivity index (χ3v) is 6.10. The Kier molecular flexibility index (Phi) is 4.97. The summed E-state index contributed by atoms with van der Waals surface area (Å²) in [6.07, 6.45) is 11.4. The van der Waals surface area contributed by atoms with Gasteiger partial charge in [0.25, 0.3) is 0 Å². The maximum atomic E-state index is 8.88. The molecule has 8 heteroatoms. The first-order valence-electron chi connectivity index (χ1n) is 10.6. The molecule has 1 saturated heterocycles. The first kappa shape index (κ1) is 18.8. The van der Waals surface area contributed by atoms with Gasteiger partial charge in [0.1, 0.15) is 17.0 Å². The molecule has 1 N–H and O–H groups in total. The van der Waals surface area contributed by atoms with Crippen LogP contribution in [-0.2, 0) is 13.0 Å². The van der Waals surface area contributed by atoms with Gasteiger partial charge in [0.05, 0.1) is 24.0 Å². The molecule has 5 heterocycles. The van der Waals surface area contributed by atoms with Gasteiger partial charge in [0.15, 0.2) is 0 Å². The molecule has 0 aromatic carbocycles. The Hall–Kier alpha value is -3.18. The molecule has 1 aliphatic heterocycles. The van der Waals surface area contributed by atoms with Crippen LogP contribution in [0.1, 0.15) is 36.7 Å². The van der Waals surface area contributed by atoms with Crippen molar-refractivity contribution < 1.29 is 0 Å². The standard InChI is InChI=1S/C22H26N8/c1-16-13-26-29(15-16)12-6-20-27-19-14-25-22-18(3-8-24-22)21(19)30(20)17-4-10-28(11-5-17)9-2-7-23/h3,8,13-15,17H,2,4-6,9-12H2,1H3,(H,24,25). The molecule has 30 heavy (non-hydrogen) atoms. The van der Waals surface area contributed by atoms with Crippen molar-refractivity contribution >= 4 is 22.1 Å². The molecular weight excluding hydrogens is 376 g/mol. The summed E-state index contributed by atoms with van der Waals surface area (Å²) in [6, 6.07) is 4.77. The van der Waals surface area contributed by atoms with E-state index in [0.29, 0.717) is 12.5 Å². The van der Waals surface area contributed by atoms with Gasteiger partial charge < -0.3 is 14.5 Å². The van der Waals surface area contributed by atoms with E-state index in [1.807, 2.05) is 23.3 Å². The zero-order valence-electron chi connectivity index (χ0n) is 17.3. The number of H-pyrrole nitrogens is 1. The van der Waals surface area contributed by atoms with Crippen molar-refractivity contribution in [2.24, 2.45) is 0 Å².